The lowest BCUT2D eigenvalue weighted by atomic mass is 10.2. The maximum absolute atomic E-state index is 11.5. The molecule has 0 saturated carbocycles. The lowest BCUT2D eigenvalue weighted by Gasteiger charge is -2.09. The third-order valence-electron chi connectivity index (χ3n) is 2.45. The van der Waals surface area contributed by atoms with Gasteiger partial charge in [-0.1, -0.05) is 0 Å². The van der Waals surface area contributed by atoms with Gasteiger partial charge in [-0.05, 0) is 14.0 Å². The van der Waals surface area contributed by atoms with Crippen LogP contribution >= 0.6 is 0 Å². The van der Waals surface area contributed by atoms with Gasteiger partial charge in [0.25, 0.3) is 5.56 Å². The maximum atomic E-state index is 11.5. The van der Waals surface area contributed by atoms with Crippen molar-refractivity contribution < 1.29 is 4.74 Å². The van der Waals surface area contributed by atoms with Crippen LogP contribution in [-0.4, -0.2) is 17.0 Å². The Labute approximate surface area is 81.5 Å². The van der Waals surface area contributed by atoms with Crippen LogP contribution in [0.5, 0.6) is 0 Å². The minimum Gasteiger partial charge on any atom is -0.370 e. The van der Waals surface area contributed by atoms with Crippen molar-refractivity contribution in [2.45, 2.75) is 26.2 Å². The van der Waals surface area contributed by atoms with Gasteiger partial charge in [-0.25, -0.2) is 4.98 Å². The van der Waals surface area contributed by atoms with Crippen LogP contribution in [0.4, 0.5) is 0 Å². The van der Waals surface area contributed by atoms with Gasteiger partial charge in [0.05, 0.1) is 30.5 Å². The molecule has 14 heavy (non-hydrogen) atoms. The van der Waals surface area contributed by atoms with E-state index in [9.17, 15) is 4.79 Å². The summed E-state index contributed by atoms with van der Waals surface area (Å²) in [6, 6.07) is 0.0496. The molecule has 0 bridgehead atoms. The molecular weight excluding hydrogens is 182 g/mol. The van der Waals surface area contributed by atoms with Crippen LogP contribution in [0, 0.1) is 0 Å². The molecule has 1 atom stereocenters. The topological polar surface area (TPSA) is 67.0 Å². The summed E-state index contributed by atoms with van der Waals surface area (Å²) in [7, 11) is 1.83. The fourth-order valence-electron chi connectivity index (χ4n) is 1.42. The van der Waals surface area contributed by atoms with Crippen LogP contribution in [0.1, 0.15) is 30.0 Å². The second-order valence-electron chi connectivity index (χ2n) is 3.38. The van der Waals surface area contributed by atoms with Crippen LogP contribution in [-0.2, 0) is 18.0 Å². The summed E-state index contributed by atoms with van der Waals surface area (Å²) in [5.41, 5.74) is 1.35. The molecule has 0 saturated heterocycles. The number of rotatable bonds is 2. The molecule has 76 valence electrons. The fourth-order valence-corrected chi connectivity index (χ4v) is 1.42. The van der Waals surface area contributed by atoms with Gasteiger partial charge in [-0.2, -0.15) is 0 Å². The molecule has 5 heteroatoms. The SMILES string of the molecule is CNC(C)c1nc2c(c(=O)[nH]1)COC2. The minimum absolute atomic E-state index is 0.0496. The molecule has 0 amide bonds. The summed E-state index contributed by atoms with van der Waals surface area (Å²) in [6.07, 6.45) is 0. The van der Waals surface area contributed by atoms with Crippen LogP contribution in [0.3, 0.4) is 0 Å². The van der Waals surface area contributed by atoms with E-state index in [-0.39, 0.29) is 11.6 Å². The molecule has 2 rings (SSSR count). The number of aromatic amines is 1. The highest BCUT2D eigenvalue weighted by Gasteiger charge is 2.18. The Hall–Kier alpha value is -1.20. The van der Waals surface area contributed by atoms with E-state index in [1.807, 2.05) is 14.0 Å². The summed E-state index contributed by atoms with van der Waals surface area (Å²) in [6.45, 7) is 2.77. The zero-order valence-corrected chi connectivity index (χ0v) is 8.26. The predicted octanol–water partition coefficient (Wildman–Crippen LogP) is 0.0805. The molecule has 1 aromatic rings. The minimum atomic E-state index is -0.0791. The Morgan fingerprint density at radius 3 is 3.07 bits per heavy atom. The smallest absolute Gasteiger partial charge is 0.256 e. The van der Waals surface area contributed by atoms with E-state index in [2.05, 4.69) is 15.3 Å². The van der Waals surface area contributed by atoms with Gasteiger partial charge in [-0.3, -0.25) is 4.79 Å². The summed E-state index contributed by atoms with van der Waals surface area (Å²) in [4.78, 5) is 18.6. The standard InChI is InChI=1S/C9H13N3O2/c1-5(10-2)8-11-7-4-14-3-6(7)9(13)12-8/h5,10H,3-4H2,1-2H3,(H,11,12,13). The predicted molar refractivity (Wildman–Crippen MR) is 50.8 cm³/mol. The fraction of sp³-hybridized carbons (Fsp3) is 0.556. The molecule has 0 aromatic carbocycles. The van der Waals surface area contributed by atoms with Crippen molar-refractivity contribution >= 4 is 0 Å². The molecule has 0 spiro atoms. The average molecular weight is 195 g/mol. The van der Waals surface area contributed by atoms with Gasteiger partial charge in [0.15, 0.2) is 0 Å². The van der Waals surface area contributed by atoms with Gasteiger partial charge in [-0.15, -0.1) is 0 Å². The van der Waals surface area contributed by atoms with Crippen molar-refractivity contribution in [1.29, 1.82) is 0 Å². The molecule has 1 aliphatic heterocycles. The second-order valence-corrected chi connectivity index (χ2v) is 3.38. The number of hydrogen-bond acceptors (Lipinski definition) is 4. The molecule has 0 radical (unpaired) electrons. The van der Waals surface area contributed by atoms with E-state index in [4.69, 9.17) is 4.74 Å². The monoisotopic (exact) mass is 195 g/mol. The summed E-state index contributed by atoms with van der Waals surface area (Å²) < 4.78 is 5.16. The van der Waals surface area contributed by atoms with Crippen molar-refractivity contribution in [2.75, 3.05) is 7.05 Å². The number of aromatic nitrogens is 2. The highest BCUT2D eigenvalue weighted by Crippen LogP contribution is 2.14. The molecule has 2 heterocycles. The molecule has 1 aromatic heterocycles. The first kappa shape index (κ1) is 9.36. The Kier molecular flexibility index (Phi) is 2.35. The van der Waals surface area contributed by atoms with Crippen molar-refractivity contribution in [2.24, 2.45) is 0 Å². The van der Waals surface area contributed by atoms with Gasteiger partial charge >= 0.3 is 0 Å². The third-order valence-corrected chi connectivity index (χ3v) is 2.45. The van der Waals surface area contributed by atoms with E-state index in [1.54, 1.807) is 0 Å². The molecule has 1 aliphatic rings. The van der Waals surface area contributed by atoms with Gasteiger partial charge < -0.3 is 15.0 Å². The molecule has 1 unspecified atom stereocenters. The Morgan fingerprint density at radius 2 is 2.36 bits per heavy atom. The van der Waals surface area contributed by atoms with Crippen molar-refractivity contribution in [3.8, 4) is 0 Å². The highest BCUT2D eigenvalue weighted by atomic mass is 16.5. The molecule has 0 fully saturated rings. The number of hydrogen-bond donors (Lipinski definition) is 2. The number of fused-ring (bicyclic) bond motifs is 1. The first-order valence-corrected chi connectivity index (χ1v) is 4.59. The third kappa shape index (κ3) is 1.44. The molecule has 0 aliphatic carbocycles. The quantitative estimate of drug-likeness (QED) is 0.701. The molecule has 5 nitrogen and oxygen atoms in total. The Balaban J connectivity index is 2.47. The normalized spacial score (nSPS) is 16.7. The highest BCUT2D eigenvalue weighted by molar-refractivity contribution is 5.19. The summed E-state index contributed by atoms with van der Waals surface area (Å²) in [5.74, 6) is 0.668. The van der Waals surface area contributed by atoms with E-state index >= 15 is 0 Å². The zero-order chi connectivity index (χ0) is 10.1. The van der Waals surface area contributed by atoms with Crippen molar-refractivity contribution in [1.82, 2.24) is 15.3 Å². The van der Waals surface area contributed by atoms with E-state index in [0.717, 1.165) is 5.69 Å². The lowest BCUT2D eigenvalue weighted by molar-refractivity contribution is 0.132. The summed E-state index contributed by atoms with van der Waals surface area (Å²) in [5, 5.41) is 3.03. The van der Waals surface area contributed by atoms with Crippen LogP contribution in [0.25, 0.3) is 0 Å². The molecule has 2 N–H and O–H groups in total. The lowest BCUT2D eigenvalue weighted by Crippen LogP contribution is -2.23. The number of nitrogens with one attached hydrogen (secondary N) is 2. The van der Waals surface area contributed by atoms with Gasteiger partial charge in [0.2, 0.25) is 0 Å². The average Bonchev–Trinajstić information content (AvgIpc) is 2.64. The number of nitrogens with zero attached hydrogens (tertiary/aromatic N) is 1. The van der Waals surface area contributed by atoms with E-state index in [0.29, 0.717) is 24.6 Å². The van der Waals surface area contributed by atoms with Gasteiger partial charge in [0.1, 0.15) is 5.82 Å². The van der Waals surface area contributed by atoms with Crippen LogP contribution < -0.4 is 10.9 Å². The summed E-state index contributed by atoms with van der Waals surface area (Å²) >= 11 is 0. The van der Waals surface area contributed by atoms with Crippen LogP contribution in [0.15, 0.2) is 4.79 Å². The van der Waals surface area contributed by atoms with E-state index in [1.165, 1.54) is 0 Å². The maximum Gasteiger partial charge on any atom is 0.256 e. The van der Waals surface area contributed by atoms with E-state index < -0.39 is 0 Å². The van der Waals surface area contributed by atoms with Crippen molar-refractivity contribution in [3.05, 3.63) is 27.4 Å². The Morgan fingerprint density at radius 1 is 1.57 bits per heavy atom. The van der Waals surface area contributed by atoms with Gasteiger partial charge in [0, 0.05) is 0 Å². The Bertz CT molecular complexity index is 400. The number of H-pyrrole nitrogens is 1. The zero-order valence-electron chi connectivity index (χ0n) is 8.26. The largest absolute Gasteiger partial charge is 0.370 e. The molecular formula is C9H13N3O2. The second kappa shape index (κ2) is 3.51. The first-order valence-electron chi connectivity index (χ1n) is 4.59. The first-order chi connectivity index (χ1) is 6.72. The number of ether oxygens (including phenoxy) is 1. The van der Waals surface area contributed by atoms with Crippen LogP contribution in [0.2, 0.25) is 0 Å². The van der Waals surface area contributed by atoms with Crippen molar-refractivity contribution in [3.63, 3.8) is 0 Å².